The maximum absolute atomic E-state index is 9.00. The van der Waals surface area contributed by atoms with Crippen LogP contribution in [0.5, 0.6) is 11.5 Å². The first-order valence-electron chi connectivity index (χ1n) is 32.8. The molecule has 1 aliphatic carbocycles. The Hall–Kier alpha value is -9.78. The summed E-state index contributed by atoms with van der Waals surface area (Å²) >= 11 is 0. The molecule has 14 aromatic rings. The van der Waals surface area contributed by atoms with E-state index in [1.807, 2.05) is 71.4 Å². The average molecular weight is 1120 g/mol. The van der Waals surface area contributed by atoms with Gasteiger partial charge in [0.15, 0.2) is 0 Å². The molecule has 0 saturated carbocycles. The molecule has 0 amide bonds. The zero-order valence-electron chi connectivity index (χ0n) is 55.2. The number of hydrogen-bond acceptors (Lipinski definition) is 3. The van der Waals surface area contributed by atoms with Gasteiger partial charge < -0.3 is 9.15 Å². The molecule has 0 fully saturated rings. The van der Waals surface area contributed by atoms with Gasteiger partial charge in [-0.15, -0.1) is 0 Å². The molecule has 0 radical (unpaired) electrons. The number of hydrogen-bond donors (Lipinski definition) is 0. The van der Waals surface area contributed by atoms with Gasteiger partial charge in [0.1, 0.15) is 28.5 Å². The summed E-state index contributed by atoms with van der Waals surface area (Å²) in [6, 6.07) is 69.9. The molecule has 0 saturated heterocycles. The van der Waals surface area contributed by atoms with E-state index in [4.69, 9.17) is 22.4 Å². The second kappa shape index (κ2) is 18.9. The molecule has 418 valence electrons. The van der Waals surface area contributed by atoms with Crippen molar-refractivity contribution in [3.05, 3.63) is 247 Å². The fraction of sp³-hybridized carbons (Fsp3) is 0.175. The van der Waals surface area contributed by atoms with Crippen LogP contribution in [0.15, 0.2) is 217 Å². The first-order valence-corrected chi connectivity index (χ1v) is 29.8. The van der Waals surface area contributed by atoms with Crippen molar-refractivity contribution in [2.75, 3.05) is 0 Å². The largest absolute Gasteiger partial charge is 0.458 e. The van der Waals surface area contributed by atoms with Crippen molar-refractivity contribution in [2.45, 2.75) is 91.3 Å². The minimum atomic E-state index is -2.68. The lowest BCUT2D eigenvalue weighted by molar-refractivity contribution is -0.570. The quantitative estimate of drug-likeness (QED) is 0.123. The fourth-order valence-electron chi connectivity index (χ4n) is 14.0. The number of rotatable bonds is 6. The van der Waals surface area contributed by atoms with Crippen LogP contribution in [0.2, 0.25) is 0 Å². The van der Waals surface area contributed by atoms with E-state index in [0.29, 0.717) is 28.3 Å². The molecule has 6 nitrogen and oxygen atoms in total. The smallest absolute Gasteiger partial charge is 0.269 e. The number of fused-ring (bicyclic) bond motifs is 14. The lowest BCUT2D eigenvalue weighted by atomic mass is 9.62. The number of furan rings is 1. The number of imidazole rings is 1. The van der Waals surface area contributed by atoms with E-state index in [2.05, 4.69) is 191 Å². The molecule has 0 bridgehead atoms. The number of nitrogens with zero attached hydrogens (tertiary/aromatic N) is 4. The predicted octanol–water partition coefficient (Wildman–Crippen LogP) is 20.8. The molecule has 0 unspecified atom stereocenters. The summed E-state index contributed by atoms with van der Waals surface area (Å²) in [5.41, 5.74) is 18.2. The number of benzene rings is 10. The highest BCUT2D eigenvalue weighted by molar-refractivity contribution is 6.10. The molecule has 10 aromatic carbocycles. The number of ether oxygens (including phenoxy) is 1. The Kier molecular flexibility index (Phi) is 10.0. The third-order valence-electron chi connectivity index (χ3n) is 18.6. The number of aryl methyl sites for hydroxylation is 2. The Morgan fingerprint density at radius 1 is 0.523 bits per heavy atom. The van der Waals surface area contributed by atoms with Gasteiger partial charge in [0.05, 0.1) is 33.4 Å². The van der Waals surface area contributed by atoms with Gasteiger partial charge in [0.2, 0.25) is 0 Å². The molecule has 0 atom stereocenters. The van der Waals surface area contributed by atoms with Crippen molar-refractivity contribution < 1.29 is 21.9 Å². The SMILES string of the molecule is [2H]C([2H])([2H])c1cccc(C([2H])([2H])[2H])c1-c1cc2c3c(c1)n(-c1cccc(Oc4ccc5c6ccccc6n(-c6cc(C(C)(C)C)ccn6)c5c4)c1)[c-][n+]3-c1c(-c3ccc4oc5ccccc5c4c3)cccc1-c1cc3c(cc1-c1ccccc1-2)C(C)(C)CCC3(C)C. The summed E-state index contributed by atoms with van der Waals surface area (Å²) in [7, 11) is 0. The maximum atomic E-state index is 9.00. The number of aromatic nitrogens is 4. The molecule has 5 heterocycles. The van der Waals surface area contributed by atoms with E-state index in [0.717, 1.165) is 118 Å². The molecular formula is C80H66N4O2. The first kappa shape index (κ1) is 45.6. The van der Waals surface area contributed by atoms with Crippen LogP contribution < -0.4 is 9.30 Å². The van der Waals surface area contributed by atoms with Crippen LogP contribution in [0.4, 0.5) is 0 Å². The standard InChI is InChI=1S/C80H66N4O2/c1-48-19-16-20-49(2)75(48)51-40-66-58-24-11-10-23-57(58)63-45-67-68(80(8,9)37-36-79(67,6)7)46-64(63)62-28-18-27-56(50-31-34-73-65(39-50)61-26-13-15-30-72(61)86-73)76(62)83-47-82(71(41-51)77(66)83)53-21-17-22-54(43-53)85-55-32-33-60-59-25-12-14-29-69(59)84(70(60)44-55)74-42-52(35-38-81-74)78(3,4)5/h10-35,38-46H,36-37H2,1-9H3/i1D3,2D3. The summed E-state index contributed by atoms with van der Waals surface area (Å²) < 4.78 is 73.9. The summed E-state index contributed by atoms with van der Waals surface area (Å²) in [6.07, 6.45) is 7.92. The van der Waals surface area contributed by atoms with Crippen LogP contribution in [0, 0.1) is 20.0 Å². The zero-order chi connectivity index (χ0) is 63.5. The highest BCUT2D eigenvalue weighted by Gasteiger charge is 2.39. The van der Waals surface area contributed by atoms with Gasteiger partial charge in [-0.05, 0) is 205 Å². The highest BCUT2D eigenvalue weighted by atomic mass is 16.5. The monoisotopic (exact) mass is 1120 g/mol. The second-order valence-corrected chi connectivity index (χ2v) is 25.9. The molecule has 0 spiro atoms. The van der Waals surface area contributed by atoms with Gasteiger partial charge in [-0.3, -0.25) is 13.7 Å². The Labute approximate surface area is 510 Å². The van der Waals surface area contributed by atoms with Gasteiger partial charge in [-0.1, -0.05) is 170 Å². The Morgan fingerprint density at radius 2 is 1.17 bits per heavy atom. The van der Waals surface area contributed by atoms with Crippen molar-refractivity contribution in [3.63, 3.8) is 0 Å². The molecule has 4 aromatic heterocycles. The van der Waals surface area contributed by atoms with Crippen LogP contribution in [-0.4, -0.2) is 14.1 Å². The van der Waals surface area contributed by atoms with Gasteiger partial charge in [-0.25, -0.2) is 4.98 Å². The zero-order valence-corrected chi connectivity index (χ0v) is 49.2. The first-order chi connectivity index (χ1) is 44.0. The lowest BCUT2D eigenvalue weighted by Crippen LogP contribution is -2.34. The molecule has 16 rings (SSSR count). The summed E-state index contributed by atoms with van der Waals surface area (Å²) in [5, 5.41) is 4.18. The molecule has 0 N–H and O–H groups in total. The Morgan fingerprint density at radius 3 is 1.95 bits per heavy atom. The summed E-state index contributed by atoms with van der Waals surface area (Å²) in [6.45, 7) is 10.7. The minimum absolute atomic E-state index is 0.0512. The molecule has 2 aliphatic rings. The Bertz CT molecular complexity index is 5390. The van der Waals surface area contributed by atoms with Gasteiger partial charge in [-0.2, -0.15) is 0 Å². The van der Waals surface area contributed by atoms with Crippen molar-refractivity contribution >= 4 is 54.8 Å². The maximum Gasteiger partial charge on any atom is 0.269 e. The van der Waals surface area contributed by atoms with Crippen LogP contribution >= 0.6 is 0 Å². The summed E-state index contributed by atoms with van der Waals surface area (Å²) in [5.74, 6) is 2.00. The van der Waals surface area contributed by atoms with Crippen LogP contribution in [0.1, 0.15) is 97.3 Å². The van der Waals surface area contributed by atoms with Crippen LogP contribution in [0.25, 0.3) is 128 Å². The topological polar surface area (TPSA) is 49.0 Å². The van der Waals surface area contributed by atoms with Crippen molar-refractivity contribution in [2.24, 2.45) is 0 Å². The van der Waals surface area contributed by atoms with Crippen LogP contribution in [-0.2, 0) is 16.2 Å². The lowest BCUT2D eigenvalue weighted by Gasteiger charge is -2.42. The van der Waals surface area contributed by atoms with Gasteiger partial charge in [0, 0.05) is 42.0 Å². The van der Waals surface area contributed by atoms with E-state index in [-0.39, 0.29) is 32.9 Å². The number of pyridine rings is 1. The second-order valence-electron chi connectivity index (χ2n) is 25.9. The van der Waals surface area contributed by atoms with Gasteiger partial charge >= 0.3 is 0 Å². The average Bonchev–Trinajstić information content (AvgIpc) is 1.44. The van der Waals surface area contributed by atoms with Crippen LogP contribution in [0.3, 0.4) is 0 Å². The minimum Gasteiger partial charge on any atom is -0.458 e. The van der Waals surface area contributed by atoms with Crippen molar-refractivity contribution in [3.8, 4) is 84.3 Å². The predicted molar refractivity (Wildman–Crippen MR) is 354 cm³/mol. The van der Waals surface area contributed by atoms with Crippen molar-refractivity contribution in [1.29, 1.82) is 0 Å². The van der Waals surface area contributed by atoms with Gasteiger partial charge in [0.25, 0.3) is 6.33 Å². The van der Waals surface area contributed by atoms with E-state index >= 15 is 0 Å². The molecular weight excluding hydrogens is 1050 g/mol. The van der Waals surface area contributed by atoms with Crippen molar-refractivity contribution in [1.82, 2.24) is 14.1 Å². The molecule has 6 heteroatoms. The summed E-state index contributed by atoms with van der Waals surface area (Å²) in [4.78, 5) is 4.94. The van der Waals surface area contributed by atoms with E-state index in [1.165, 1.54) is 28.8 Å². The normalized spacial score (nSPS) is 15.5. The molecule has 1 aliphatic heterocycles. The number of para-hydroxylation sites is 3. The third-order valence-corrected chi connectivity index (χ3v) is 18.6. The van der Waals surface area contributed by atoms with E-state index in [9.17, 15) is 0 Å². The molecule has 86 heavy (non-hydrogen) atoms. The fourth-order valence-corrected chi connectivity index (χ4v) is 14.0. The van der Waals surface area contributed by atoms with E-state index < -0.39 is 13.7 Å². The third kappa shape index (κ3) is 8.06. The Balaban J connectivity index is 0.992. The van der Waals surface area contributed by atoms with E-state index in [1.54, 1.807) is 6.07 Å². The highest BCUT2D eigenvalue weighted by Crippen LogP contribution is 2.53.